The molecule has 2 rings (SSSR count). The molecule has 1 aliphatic rings. The summed E-state index contributed by atoms with van der Waals surface area (Å²) in [5, 5.41) is 16.4. The van der Waals surface area contributed by atoms with Crippen molar-refractivity contribution in [3.8, 4) is 0 Å². The lowest BCUT2D eigenvalue weighted by Crippen LogP contribution is -2.31. The van der Waals surface area contributed by atoms with Gasteiger partial charge >= 0.3 is 0 Å². The van der Waals surface area contributed by atoms with Crippen molar-refractivity contribution in [1.82, 2.24) is 30.7 Å². The first-order valence-electron chi connectivity index (χ1n) is 6.03. The third-order valence-electron chi connectivity index (χ3n) is 2.71. The summed E-state index contributed by atoms with van der Waals surface area (Å²) in [6.07, 6.45) is 3.02. The predicted molar refractivity (Wildman–Crippen MR) is 65.2 cm³/mol. The van der Waals surface area contributed by atoms with Crippen molar-refractivity contribution in [2.75, 3.05) is 12.3 Å². The Balaban J connectivity index is 1.72. The van der Waals surface area contributed by atoms with E-state index in [1.807, 2.05) is 0 Å². The maximum atomic E-state index is 11.8. The van der Waals surface area contributed by atoms with Gasteiger partial charge in [0.1, 0.15) is 0 Å². The number of hydrogen-bond donors (Lipinski definition) is 3. The first-order chi connectivity index (χ1) is 8.57. The second kappa shape index (κ2) is 5.72. The van der Waals surface area contributed by atoms with E-state index in [0.717, 1.165) is 6.54 Å². The summed E-state index contributed by atoms with van der Waals surface area (Å²) in [5.41, 5.74) is 0. The number of rotatable bonds is 8. The maximum absolute atomic E-state index is 11.8. The highest BCUT2D eigenvalue weighted by Gasteiger charge is 2.21. The normalized spacial score (nSPS) is 17.8. The molecule has 1 aliphatic carbocycles. The molecule has 1 aromatic heterocycles. The van der Waals surface area contributed by atoms with Crippen LogP contribution >= 0.6 is 0 Å². The largest absolute Gasteiger partial charge is 0.314 e. The first-order valence-corrected chi connectivity index (χ1v) is 7.69. The highest BCUT2D eigenvalue weighted by molar-refractivity contribution is 7.89. The molecule has 1 heterocycles. The Morgan fingerprint density at radius 3 is 2.89 bits per heavy atom. The monoisotopic (exact) mass is 274 g/mol. The Hall–Kier alpha value is -1.06. The molecular formula is C9H18N6O2S. The van der Waals surface area contributed by atoms with Gasteiger partial charge < -0.3 is 5.32 Å². The van der Waals surface area contributed by atoms with E-state index < -0.39 is 16.1 Å². The molecule has 1 saturated carbocycles. The van der Waals surface area contributed by atoms with Crippen molar-refractivity contribution in [3.63, 3.8) is 0 Å². The quantitative estimate of drug-likeness (QED) is 0.541. The summed E-state index contributed by atoms with van der Waals surface area (Å²) in [5.74, 6) is 0.448. The lowest BCUT2D eigenvalue weighted by molar-refractivity contribution is 0.554. The van der Waals surface area contributed by atoms with Gasteiger partial charge in [-0.25, -0.2) is 13.1 Å². The van der Waals surface area contributed by atoms with Gasteiger partial charge in [-0.1, -0.05) is 5.21 Å². The van der Waals surface area contributed by atoms with Crippen molar-refractivity contribution in [1.29, 1.82) is 0 Å². The molecule has 1 fully saturated rings. The van der Waals surface area contributed by atoms with Gasteiger partial charge in [0.05, 0.1) is 11.8 Å². The van der Waals surface area contributed by atoms with Crippen LogP contribution in [0.25, 0.3) is 0 Å². The van der Waals surface area contributed by atoms with Crippen LogP contribution in [0.5, 0.6) is 0 Å². The number of tetrazole rings is 1. The van der Waals surface area contributed by atoms with E-state index in [1.54, 1.807) is 6.92 Å². The summed E-state index contributed by atoms with van der Waals surface area (Å²) >= 11 is 0. The fourth-order valence-corrected chi connectivity index (χ4v) is 2.88. The zero-order chi connectivity index (χ0) is 13.0. The molecule has 0 bridgehead atoms. The SMILES string of the molecule is CC(NS(=O)(=O)CCCNC1CC1)c1nn[nH]n1. The van der Waals surface area contributed by atoms with Crippen LogP contribution in [0.15, 0.2) is 0 Å². The van der Waals surface area contributed by atoms with Crippen LogP contribution in [0, 0.1) is 0 Å². The minimum atomic E-state index is -3.30. The first kappa shape index (κ1) is 13.4. The molecule has 0 radical (unpaired) electrons. The molecule has 18 heavy (non-hydrogen) atoms. The molecule has 1 unspecified atom stereocenters. The van der Waals surface area contributed by atoms with Crippen molar-refractivity contribution >= 4 is 10.0 Å². The lowest BCUT2D eigenvalue weighted by atomic mass is 10.4. The molecule has 0 saturated heterocycles. The molecule has 0 spiro atoms. The van der Waals surface area contributed by atoms with Crippen LogP contribution in [0.3, 0.4) is 0 Å². The van der Waals surface area contributed by atoms with Crippen LogP contribution in [-0.4, -0.2) is 47.4 Å². The van der Waals surface area contributed by atoms with E-state index >= 15 is 0 Å². The fraction of sp³-hybridized carbons (Fsp3) is 0.889. The summed E-state index contributed by atoms with van der Waals surface area (Å²) in [6.45, 7) is 2.42. The third-order valence-corrected chi connectivity index (χ3v) is 4.24. The van der Waals surface area contributed by atoms with Crippen molar-refractivity contribution < 1.29 is 8.42 Å². The number of nitrogens with one attached hydrogen (secondary N) is 3. The summed E-state index contributed by atoms with van der Waals surface area (Å²) in [6, 6.07) is 0.143. The second-order valence-corrected chi connectivity index (χ2v) is 6.38. The number of aromatic nitrogens is 4. The molecular weight excluding hydrogens is 256 g/mol. The van der Waals surface area contributed by atoms with Crippen LogP contribution in [0.2, 0.25) is 0 Å². The van der Waals surface area contributed by atoms with E-state index in [2.05, 4.69) is 30.7 Å². The van der Waals surface area contributed by atoms with Gasteiger partial charge in [0.25, 0.3) is 0 Å². The zero-order valence-corrected chi connectivity index (χ0v) is 11.1. The molecule has 0 aromatic carbocycles. The number of sulfonamides is 1. The highest BCUT2D eigenvalue weighted by Crippen LogP contribution is 2.18. The smallest absolute Gasteiger partial charge is 0.212 e. The van der Waals surface area contributed by atoms with Crippen molar-refractivity contribution in [2.45, 2.75) is 38.3 Å². The molecule has 8 nitrogen and oxygen atoms in total. The van der Waals surface area contributed by atoms with Crippen LogP contribution in [0.1, 0.15) is 38.1 Å². The topological polar surface area (TPSA) is 113 Å². The molecule has 102 valence electrons. The van der Waals surface area contributed by atoms with Gasteiger partial charge in [-0.15, -0.1) is 10.2 Å². The molecule has 0 amide bonds. The summed E-state index contributed by atoms with van der Waals surface area (Å²) in [7, 11) is -3.30. The Bertz CT molecular complexity index is 455. The third kappa shape index (κ3) is 4.31. The number of H-pyrrole nitrogens is 1. The van der Waals surface area contributed by atoms with Gasteiger partial charge in [-0.3, -0.25) is 0 Å². The van der Waals surface area contributed by atoms with Crippen molar-refractivity contribution in [2.24, 2.45) is 0 Å². The van der Waals surface area contributed by atoms with E-state index in [9.17, 15) is 8.42 Å². The number of aromatic amines is 1. The molecule has 1 aromatic rings. The van der Waals surface area contributed by atoms with Gasteiger partial charge in [0.15, 0.2) is 5.82 Å². The Labute approximate surface area is 106 Å². The maximum Gasteiger partial charge on any atom is 0.212 e. The number of nitrogens with zero attached hydrogens (tertiary/aromatic N) is 3. The van der Waals surface area contributed by atoms with Crippen LogP contribution in [0.4, 0.5) is 0 Å². The highest BCUT2D eigenvalue weighted by atomic mass is 32.2. The standard InChI is InChI=1S/C9H18N6O2S/c1-7(9-11-14-15-12-9)13-18(16,17)6-2-5-10-8-3-4-8/h7-8,10,13H,2-6H2,1H3,(H,11,12,14,15). The molecule has 0 aliphatic heterocycles. The van der Waals surface area contributed by atoms with Crippen LogP contribution in [-0.2, 0) is 10.0 Å². The fourth-order valence-electron chi connectivity index (χ4n) is 1.59. The second-order valence-electron chi connectivity index (χ2n) is 4.51. The zero-order valence-electron chi connectivity index (χ0n) is 10.3. The summed E-state index contributed by atoms with van der Waals surface area (Å²) < 4.78 is 26.1. The van der Waals surface area contributed by atoms with Crippen molar-refractivity contribution in [3.05, 3.63) is 5.82 Å². The van der Waals surface area contributed by atoms with Crippen LogP contribution < -0.4 is 10.0 Å². The van der Waals surface area contributed by atoms with E-state index in [4.69, 9.17) is 0 Å². The van der Waals surface area contributed by atoms with E-state index in [1.165, 1.54) is 12.8 Å². The van der Waals surface area contributed by atoms with Gasteiger partial charge in [0, 0.05) is 6.04 Å². The van der Waals surface area contributed by atoms with E-state index in [-0.39, 0.29) is 5.75 Å². The minimum absolute atomic E-state index is 0.106. The van der Waals surface area contributed by atoms with Gasteiger partial charge in [0.2, 0.25) is 10.0 Å². The molecule has 1 atom stereocenters. The van der Waals surface area contributed by atoms with Gasteiger partial charge in [-0.05, 0) is 32.7 Å². The minimum Gasteiger partial charge on any atom is -0.314 e. The Kier molecular flexibility index (Phi) is 4.25. The predicted octanol–water partition coefficient (Wildman–Crippen LogP) is -0.678. The summed E-state index contributed by atoms with van der Waals surface area (Å²) in [4.78, 5) is 0. The molecule has 3 N–H and O–H groups in total. The Morgan fingerprint density at radius 2 is 2.28 bits per heavy atom. The Morgan fingerprint density at radius 1 is 1.50 bits per heavy atom. The van der Waals surface area contributed by atoms with E-state index in [0.29, 0.717) is 18.3 Å². The number of hydrogen-bond acceptors (Lipinski definition) is 6. The average molecular weight is 274 g/mol. The average Bonchev–Trinajstić information content (AvgIpc) is 2.95. The lowest BCUT2D eigenvalue weighted by Gasteiger charge is -2.10. The van der Waals surface area contributed by atoms with Gasteiger partial charge in [-0.2, -0.15) is 5.21 Å². The molecule has 9 heteroatoms.